The number of fused-ring (bicyclic) bond motifs is 1. The van der Waals surface area contributed by atoms with E-state index in [1.807, 2.05) is 11.3 Å². The fourth-order valence-electron chi connectivity index (χ4n) is 3.28. The molecule has 1 aliphatic rings. The van der Waals surface area contributed by atoms with Crippen LogP contribution in [0.1, 0.15) is 69.0 Å². The highest BCUT2D eigenvalue weighted by atomic mass is 32.1. The van der Waals surface area contributed by atoms with Crippen LogP contribution in [0.5, 0.6) is 0 Å². The van der Waals surface area contributed by atoms with Crippen LogP contribution in [-0.2, 0) is 18.4 Å². The Morgan fingerprint density at radius 3 is 2.21 bits per heavy atom. The zero-order valence-corrected chi connectivity index (χ0v) is 13.6. The third-order valence-corrected chi connectivity index (χ3v) is 5.19. The predicted molar refractivity (Wildman–Crippen MR) is 83.5 cm³/mol. The van der Waals surface area contributed by atoms with Crippen LogP contribution in [0.3, 0.4) is 0 Å². The molecule has 0 aromatic carbocycles. The van der Waals surface area contributed by atoms with Gasteiger partial charge in [-0.15, -0.1) is 11.3 Å². The molecule has 0 aliphatic heterocycles. The number of hydrogen-bond acceptors (Lipinski definition) is 3. The van der Waals surface area contributed by atoms with E-state index in [9.17, 15) is 0 Å². The van der Waals surface area contributed by atoms with Crippen LogP contribution < -0.4 is 5.73 Å². The van der Waals surface area contributed by atoms with E-state index >= 15 is 0 Å². The summed E-state index contributed by atoms with van der Waals surface area (Å²) in [5.41, 5.74) is 7.90. The molecular formula is C16H28N2S. The molecule has 0 radical (unpaired) electrons. The Kier molecular flexibility index (Phi) is 4.67. The molecule has 2 rings (SSSR count). The van der Waals surface area contributed by atoms with Crippen LogP contribution in [0.4, 0.5) is 0 Å². The van der Waals surface area contributed by atoms with Gasteiger partial charge in [-0.1, -0.05) is 27.7 Å². The Labute approximate surface area is 121 Å². The van der Waals surface area contributed by atoms with Crippen molar-refractivity contribution in [3.8, 4) is 0 Å². The molecule has 1 heterocycles. The molecule has 0 fully saturated rings. The minimum Gasteiger partial charge on any atom is -0.319 e. The highest BCUT2D eigenvalue weighted by molar-refractivity contribution is 7.11. The molecule has 108 valence electrons. The quantitative estimate of drug-likeness (QED) is 0.875. The van der Waals surface area contributed by atoms with Crippen molar-refractivity contribution < 1.29 is 0 Å². The van der Waals surface area contributed by atoms with Crippen molar-refractivity contribution in [1.82, 2.24) is 4.98 Å². The minimum atomic E-state index is -0.218. The van der Waals surface area contributed by atoms with E-state index in [1.165, 1.54) is 34.8 Å². The van der Waals surface area contributed by atoms with Gasteiger partial charge in [0, 0.05) is 4.88 Å². The van der Waals surface area contributed by atoms with Crippen molar-refractivity contribution in [2.75, 3.05) is 0 Å². The summed E-state index contributed by atoms with van der Waals surface area (Å²) in [5, 5.41) is 1.20. The molecule has 1 aromatic rings. The zero-order chi connectivity index (χ0) is 14.0. The number of hydrogen-bond donors (Lipinski definition) is 1. The highest BCUT2D eigenvalue weighted by Gasteiger charge is 2.33. The Balaban J connectivity index is 2.29. The molecule has 0 spiro atoms. The average molecular weight is 280 g/mol. The first-order chi connectivity index (χ1) is 8.90. The number of rotatable bonds is 5. The van der Waals surface area contributed by atoms with Gasteiger partial charge in [0.1, 0.15) is 5.01 Å². The monoisotopic (exact) mass is 280 g/mol. The maximum atomic E-state index is 6.78. The van der Waals surface area contributed by atoms with Gasteiger partial charge in [0.05, 0.1) is 11.2 Å². The van der Waals surface area contributed by atoms with Crippen molar-refractivity contribution in [2.24, 2.45) is 17.6 Å². The van der Waals surface area contributed by atoms with E-state index in [2.05, 4.69) is 27.7 Å². The fourth-order valence-corrected chi connectivity index (χ4v) is 4.55. The maximum Gasteiger partial charge on any atom is 0.113 e. The third kappa shape index (κ3) is 3.57. The summed E-state index contributed by atoms with van der Waals surface area (Å²) in [7, 11) is 0. The van der Waals surface area contributed by atoms with E-state index in [0.29, 0.717) is 11.8 Å². The van der Waals surface area contributed by atoms with E-state index < -0.39 is 0 Å². The first kappa shape index (κ1) is 15.0. The summed E-state index contributed by atoms with van der Waals surface area (Å²) in [6, 6.07) is 0. The fraction of sp³-hybridized carbons (Fsp3) is 0.812. The lowest BCUT2D eigenvalue weighted by molar-refractivity contribution is 0.288. The molecular weight excluding hydrogens is 252 g/mol. The smallest absolute Gasteiger partial charge is 0.113 e. The average Bonchev–Trinajstić information content (AvgIpc) is 2.70. The van der Waals surface area contributed by atoms with Crippen molar-refractivity contribution in [3.05, 3.63) is 15.6 Å². The van der Waals surface area contributed by atoms with Crippen LogP contribution in [0.15, 0.2) is 0 Å². The van der Waals surface area contributed by atoms with E-state index in [0.717, 1.165) is 19.3 Å². The Morgan fingerprint density at radius 2 is 1.68 bits per heavy atom. The summed E-state index contributed by atoms with van der Waals surface area (Å²) >= 11 is 1.89. The van der Waals surface area contributed by atoms with Gasteiger partial charge >= 0.3 is 0 Å². The molecule has 0 saturated carbocycles. The molecule has 19 heavy (non-hydrogen) atoms. The second-order valence-corrected chi connectivity index (χ2v) is 8.03. The molecule has 1 aromatic heterocycles. The topological polar surface area (TPSA) is 38.9 Å². The van der Waals surface area contributed by atoms with Gasteiger partial charge in [0.25, 0.3) is 0 Å². The number of thiazole rings is 1. The molecule has 0 bridgehead atoms. The highest BCUT2D eigenvalue weighted by Crippen LogP contribution is 2.38. The minimum absolute atomic E-state index is 0.218. The lowest BCUT2D eigenvalue weighted by atomic mass is 9.83. The number of aromatic nitrogens is 1. The van der Waals surface area contributed by atoms with Gasteiger partial charge in [-0.05, 0) is 50.4 Å². The summed E-state index contributed by atoms with van der Waals surface area (Å²) in [6.07, 6.45) is 7.07. The molecule has 2 N–H and O–H groups in total. The van der Waals surface area contributed by atoms with Crippen LogP contribution in [0, 0.1) is 11.8 Å². The van der Waals surface area contributed by atoms with Crippen molar-refractivity contribution in [1.29, 1.82) is 0 Å². The first-order valence-corrected chi connectivity index (χ1v) is 8.50. The van der Waals surface area contributed by atoms with Crippen molar-refractivity contribution in [2.45, 2.75) is 71.8 Å². The number of nitrogens with zero attached hydrogens (tertiary/aromatic N) is 1. The van der Waals surface area contributed by atoms with Gasteiger partial charge in [-0.2, -0.15) is 0 Å². The normalized spacial score (nSPS) is 16.2. The van der Waals surface area contributed by atoms with Crippen LogP contribution >= 0.6 is 11.3 Å². The second-order valence-electron chi connectivity index (χ2n) is 6.95. The van der Waals surface area contributed by atoms with Crippen LogP contribution in [0.2, 0.25) is 0 Å². The summed E-state index contributed by atoms with van der Waals surface area (Å²) in [6.45, 7) is 9.04. The number of nitrogens with two attached hydrogens (primary N) is 1. The van der Waals surface area contributed by atoms with Gasteiger partial charge in [0.15, 0.2) is 0 Å². The SMILES string of the molecule is CC(C)CC(N)(CC(C)C)c1nc2c(s1)CCCC2. The Hall–Kier alpha value is -0.410. The Bertz CT molecular complexity index is 387. The predicted octanol–water partition coefficient (Wildman–Crippen LogP) is 4.27. The maximum absolute atomic E-state index is 6.78. The second kappa shape index (κ2) is 5.92. The standard InChI is InChI=1S/C16H28N2S/c1-11(2)9-16(17,10-12(3)4)15-18-13-7-5-6-8-14(13)19-15/h11-12H,5-10,17H2,1-4H3. The van der Waals surface area contributed by atoms with E-state index in [-0.39, 0.29) is 5.54 Å². The molecule has 2 nitrogen and oxygen atoms in total. The number of aryl methyl sites for hydroxylation is 2. The molecule has 0 amide bonds. The van der Waals surface area contributed by atoms with E-state index in [1.54, 1.807) is 0 Å². The van der Waals surface area contributed by atoms with Crippen LogP contribution in [-0.4, -0.2) is 4.98 Å². The summed E-state index contributed by atoms with van der Waals surface area (Å²) in [4.78, 5) is 6.43. The molecule has 0 atom stereocenters. The third-order valence-electron chi connectivity index (χ3n) is 3.82. The van der Waals surface area contributed by atoms with Gasteiger partial charge in [0.2, 0.25) is 0 Å². The molecule has 1 aliphatic carbocycles. The van der Waals surface area contributed by atoms with Crippen LogP contribution in [0.25, 0.3) is 0 Å². The van der Waals surface area contributed by atoms with Crippen molar-refractivity contribution in [3.63, 3.8) is 0 Å². The largest absolute Gasteiger partial charge is 0.319 e. The molecule has 3 heteroatoms. The van der Waals surface area contributed by atoms with Gasteiger partial charge in [-0.3, -0.25) is 0 Å². The lowest BCUT2D eigenvalue weighted by Crippen LogP contribution is -2.39. The van der Waals surface area contributed by atoms with Gasteiger partial charge < -0.3 is 5.73 Å². The molecule has 0 saturated heterocycles. The summed E-state index contributed by atoms with van der Waals surface area (Å²) in [5.74, 6) is 1.23. The first-order valence-electron chi connectivity index (χ1n) is 7.68. The lowest BCUT2D eigenvalue weighted by Gasteiger charge is -2.31. The van der Waals surface area contributed by atoms with Crippen molar-refractivity contribution >= 4 is 11.3 Å². The Morgan fingerprint density at radius 1 is 1.11 bits per heavy atom. The van der Waals surface area contributed by atoms with E-state index in [4.69, 9.17) is 10.7 Å². The summed E-state index contributed by atoms with van der Waals surface area (Å²) < 4.78 is 0. The zero-order valence-electron chi connectivity index (χ0n) is 12.8. The van der Waals surface area contributed by atoms with Gasteiger partial charge in [-0.25, -0.2) is 4.98 Å². The molecule has 0 unspecified atom stereocenters.